The number of nitrogens with one attached hydrogen (secondary N) is 1. The molecule has 2 aromatic rings. The third kappa shape index (κ3) is 2.46. The third-order valence-electron chi connectivity index (χ3n) is 2.43. The van der Waals surface area contributed by atoms with Crippen molar-refractivity contribution in [2.75, 3.05) is 5.73 Å². The van der Waals surface area contributed by atoms with Crippen LogP contribution in [0, 0.1) is 0 Å². The Balaban J connectivity index is 2.62. The van der Waals surface area contributed by atoms with Crippen molar-refractivity contribution in [2.24, 2.45) is 0 Å². The van der Waals surface area contributed by atoms with Crippen molar-refractivity contribution in [3.63, 3.8) is 0 Å². The Morgan fingerprint density at radius 1 is 1.44 bits per heavy atom. The summed E-state index contributed by atoms with van der Waals surface area (Å²) in [6, 6.07) is 1.83. The molecule has 2 aromatic heterocycles. The van der Waals surface area contributed by atoms with E-state index in [1.165, 1.54) is 0 Å². The molecule has 0 spiro atoms. The Bertz CT molecular complexity index is 654. The number of hydrogen-bond acceptors (Lipinski definition) is 4. The van der Waals surface area contributed by atoms with Crippen LogP contribution in [0.2, 0.25) is 0 Å². The van der Waals surface area contributed by atoms with Crippen molar-refractivity contribution < 1.29 is 0 Å². The van der Waals surface area contributed by atoms with Gasteiger partial charge in [-0.1, -0.05) is 6.92 Å². The van der Waals surface area contributed by atoms with Gasteiger partial charge >= 0.3 is 0 Å². The molecule has 0 fully saturated rings. The molecule has 94 valence electrons. The summed E-state index contributed by atoms with van der Waals surface area (Å²) in [6.45, 7) is 1.86. The quantitative estimate of drug-likeness (QED) is 0.846. The first kappa shape index (κ1) is 13.2. The maximum atomic E-state index is 11.8. The Kier molecular flexibility index (Phi) is 3.82. The number of nitrogens with zero attached hydrogens (tertiary/aromatic N) is 2. The standard InChI is InChI=1S/C11H10Br2N4O/c1-2-6-9(14)16-10(17-11(6)18)8-7(13)3-5(12)4-15-8/h3-4H,2H2,1H3,(H3,14,16,17,18). The van der Waals surface area contributed by atoms with Crippen LogP contribution in [0.25, 0.3) is 11.5 Å². The average molecular weight is 374 g/mol. The molecule has 2 rings (SSSR count). The van der Waals surface area contributed by atoms with Gasteiger partial charge in [0, 0.05) is 15.1 Å². The predicted octanol–water partition coefficient (Wildman–Crippen LogP) is 2.50. The van der Waals surface area contributed by atoms with Crippen LogP contribution in [-0.2, 0) is 6.42 Å². The van der Waals surface area contributed by atoms with E-state index >= 15 is 0 Å². The number of H-pyrrole nitrogens is 1. The number of anilines is 1. The lowest BCUT2D eigenvalue weighted by Crippen LogP contribution is -2.18. The molecule has 0 saturated heterocycles. The van der Waals surface area contributed by atoms with E-state index in [9.17, 15) is 4.79 Å². The number of aromatic amines is 1. The van der Waals surface area contributed by atoms with Crippen molar-refractivity contribution >= 4 is 37.7 Å². The normalized spacial score (nSPS) is 10.6. The van der Waals surface area contributed by atoms with Crippen LogP contribution >= 0.6 is 31.9 Å². The van der Waals surface area contributed by atoms with Crippen molar-refractivity contribution in [3.05, 3.63) is 37.1 Å². The zero-order chi connectivity index (χ0) is 13.3. The van der Waals surface area contributed by atoms with E-state index in [0.29, 0.717) is 23.5 Å². The largest absolute Gasteiger partial charge is 0.383 e. The Hall–Kier alpha value is -1.21. The van der Waals surface area contributed by atoms with Gasteiger partial charge < -0.3 is 10.7 Å². The number of rotatable bonds is 2. The monoisotopic (exact) mass is 372 g/mol. The van der Waals surface area contributed by atoms with Gasteiger partial charge in [0.05, 0.1) is 5.56 Å². The third-order valence-corrected chi connectivity index (χ3v) is 3.47. The summed E-state index contributed by atoms with van der Waals surface area (Å²) in [5, 5.41) is 0. The molecule has 5 nitrogen and oxygen atoms in total. The molecule has 0 unspecified atom stereocenters. The second-order valence-corrected chi connectivity index (χ2v) is 5.39. The summed E-state index contributed by atoms with van der Waals surface area (Å²) in [4.78, 5) is 22.9. The van der Waals surface area contributed by atoms with Gasteiger partial charge in [-0.3, -0.25) is 9.78 Å². The molecule has 0 aliphatic rings. The summed E-state index contributed by atoms with van der Waals surface area (Å²) in [6.07, 6.45) is 2.17. The molecule has 0 saturated carbocycles. The van der Waals surface area contributed by atoms with Gasteiger partial charge in [-0.05, 0) is 44.3 Å². The molecule has 0 atom stereocenters. The lowest BCUT2D eigenvalue weighted by Gasteiger charge is -2.06. The first-order valence-corrected chi connectivity index (χ1v) is 6.81. The molecule has 3 N–H and O–H groups in total. The van der Waals surface area contributed by atoms with Gasteiger partial charge in [0.2, 0.25) is 0 Å². The highest BCUT2D eigenvalue weighted by atomic mass is 79.9. The van der Waals surface area contributed by atoms with Gasteiger partial charge in [0.15, 0.2) is 5.82 Å². The van der Waals surface area contributed by atoms with Gasteiger partial charge in [-0.2, -0.15) is 0 Å². The molecule has 0 bridgehead atoms. The Morgan fingerprint density at radius 3 is 2.72 bits per heavy atom. The molecule has 0 amide bonds. The topological polar surface area (TPSA) is 84.7 Å². The summed E-state index contributed by atoms with van der Waals surface area (Å²) >= 11 is 6.68. The number of nitrogen functional groups attached to an aromatic ring is 1. The van der Waals surface area contributed by atoms with E-state index in [-0.39, 0.29) is 11.4 Å². The first-order chi connectivity index (χ1) is 8.52. The van der Waals surface area contributed by atoms with E-state index in [1.54, 1.807) is 6.20 Å². The highest BCUT2D eigenvalue weighted by Gasteiger charge is 2.12. The van der Waals surface area contributed by atoms with Crippen molar-refractivity contribution in [2.45, 2.75) is 13.3 Å². The zero-order valence-corrected chi connectivity index (χ0v) is 12.7. The van der Waals surface area contributed by atoms with Gasteiger partial charge in [-0.15, -0.1) is 0 Å². The second-order valence-electron chi connectivity index (χ2n) is 3.62. The van der Waals surface area contributed by atoms with E-state index < -0.39 is 0 Å². The first-order valence-electron chi connectivity index (χ1n) is 5.23. The minimum atomic E-state index is -0.225. The van der Waals surface area contributed by atoms with Crippen molar-refractivity contribution in [1.29, 1.82) is 0 Å². The average Bonchev–Trinajstić information content (AvgIpc) is 2.28. The molecule has 7 heteroatoms. The summed E-state index contributed by atoms with van der Waals surface area (Å²) < 4.78 is 1.56. The molecule has 18 heavy (non-hydrogen) atoms. The number of nitrogens with two attached hydrogens (primary N) is 1. The maximum absolute atomic E-state index is 11.8. The molecule has 0 aliphatic heterocycles. The smallest absolute Gasteiger partial charge is 0.256 e. The Labute approximate surface area is 120 Å². The SMILES string of the molecule is CCc1c(N)nc(-c2ncc(Br)cc2Br)[nH]c1=O. The van der Waals surface area contributed by atoms with Crippen molar-refractivity contribution in [1.82, 2.24) is 15.0 Å². The number of hydrogen-bond donors (Lipinski definition) is 2. The predicted molar refractivity (Wildman–Crippen MR) is 77.3 cm³/mol. The van der Waals surface area contributed by atoms with Crippen LogP contribution in [-0.4, -0.2) is 15.0 Å². The van der Waals surface area contributed by atoms with Crippen molar-refractivity contribution in [3.8, 4) is 11.5 Å². The summed E-state index contributed by atoms with van der Waals surface area (Å²) in [5.41, 5.74) is 6.58. The number of pyridine rings is 1. The highest BCUT2D eigenvalue weighted by molar-refractivity contribution is 9.11. The second kappa shape index (κ2) is 5.19. The number of halogens is 2. The van der Waals surface area contributed by atoms with Gasteiger partial charge in [0.25, 0.3) is 5.56 Å². The fraction of sp³-hybridized carbons (Fsp3) is 0.182. The minimum absolute atomic E-state index is 0.225. The number of aromatic nitrogens is 3. The van der Waals surface area contributed by atoms with Crippen LogP contribution in [0.1, 0.15) is 12.5 Å². The molecule has 0 aromatic carbocycles. The maximum Gasteiger partial charge on any atom is 0.256 e. The van der Waals surface area contributed by atoms with Crippen LogP contribution in [0.3, 0.4) is 0 Å². The van der Waals surface area contributed by atoms with E-state index in [4.69, 9.17) is 5.73 Å². The van der Waals surface area contributed by atoms with E-state index in [0.717, 1.165) is 8.95 Å². The van der Waals surface area contributed by atoms with Crippen LogP contribution in [0.4, 0.5) is 5.82 Å². The zero-order valence-electron chi connectivity index (χ0n) is 9.50. The molecule has 0 aliphatic carbocycles. The summed E-state index contributed by atoms with van der Waals surface area (Å²) in [7, 11) is 0. The molecular weight excluding hydrogens is 364 g/mol. The van der Waals surface area contributed by atoms with Crippen LogP contribution in [0.15, 0.2) is 26.0 Å². The van der Waals surface area contributed by atoms with Crippen LogP contribution < -0.4 is 11.3 Å². The van der Waals surface area contributed by atoms with Crippen LogP contribution in [0.5, 0.6) is 0 Å². The molecular formula is C11H10Br2N4O. The summed E-state index contributed by atoms with van der Waals surface area (Å²) in [5.74, 6) is 0.599. The Morgan fingerprint density at radius 2 is 2.17 bits per heavy atom. The molecule has 0 radical (unpaired) electrons. The minimum Gasteiger partial charge on any atom is -0.383 e. The highest BCUT2D eigenvalue weighted by Crippen LogP contribution is 2.26. The van der Waals surface area contributed by atoms with E-state index in [1.807, 2.05) is 13.0 Å². The van der Waals surface area contributed by atoms with E-state index in [2.05, 4.69) is 46.8 Å². The van der Waals surface area contributed by atoms with Gasteiger partial charge in [-0.25, -0.2) is 4.98 Å². The molecule has 2 heterocycles. The van der Waals surface area contributed by atoms with Gasteiger partial charge in [0.1, 0.15) is 11.5 Å². The fourth-order valence-corrected chi connectivity index (χ4v) is 2.73. The lowest BCUT2D eigenvalue weighted by atomic mass is 10.2. The lowest BCUT2D eigenvalue weighted by molar-refractivity contribution is 1.01. The fourth-order valence-electron chi connectivity index (χ4n) is 1.56.